The average Bonchev–Trinajstić information content (AvgIpc) is 2.52. The molecule has 0 radical (unpaired) electrons. The highest BCUT2D eigenvalue weighted by Crippen LogP contribution is 2.25. The first-order chi connectivity index (χ1) is 10.2. The second-order valence-electron chi connectivity index (χ2n) is 4.79. The van der Waals surface area contributed by atoms with Crippen LogP contribution in [0.5, 0.6) is 0 Å². The lowest BCUT2D eigenvalue weighted by Crippen LogP contribution is -2.20. The fourth-order valence-electron chi connectivity index (χ4n) is 2.45. The molecule has 0 spiro atoms. The number of pyridine rings is 1. The van der Waals surface area contributed by atoms with E-state index in [1.807, 2.05) is 36.4 Å². The van der Waals surface area contributed by atoms with Gasteiger partial charge in [-0.3, -0.25) is 4.98 Å². The highest BCUT2D eigenvalue weighted by Gasteiger charge is 2.19. The van der Waals surface area contributed by atoms with Gasteiger partial charge in [-0.2, -0.15) is 0 Å². The molecular weight excluding hydrogens is 270 g/mol. The Bertz CT molecular complexity index is 787. The van der Waals surface area contributed by atoms with Crippen LogP contribution in [0.15, 0.2) is 54.6 Å². The second kappa shape index (κ2) is 5.58. The summed E-state index contributed by atoms with van der Waals surface area (Å²) in [6.45, 7) is 0. The summed E-state index contributed by atoms with van der Waals surface area (Å²) in [6, 6.07) is 15.1. The van der Waals surface area contributed by atoms with E-state index in [0.29, 0.717) is 5.69 Å². The standard InChI is InChI=1S/C17H14F2N2/c1-20-17(12-6-4-7-13(18)16(12)19)15-10-9-11-5-2-3-8-14(11)21-15/h2-10,17,20H,1H3. The Kier molecular flexibility index (Phi) is 3.62. The predicted octanol–water partition coefficient (Wildman–Crippen LogP) is 3.82. The Labute approximate surface area is 121 Å². The number of nitrogens with one attached hydrogen (secondary N) is 1. The molecule has 0 saturated heterocycles. The lowest BCUT2D eigenvalue weighted by atomic mass is 10.0. The summed E-state index contributed by atoms with van der Waals surface area (Å²) in [5.74, 6) is -1.69. The van der Waals surface area contributed by atoms with Crippen molar-refractivity contribution in [1.29, 1.82) is 0 Å². The molecule has 1 N–H and O–H groups in total. The van der Waals surface area contributed by atoms with Gasteiger partial charge < -0.3 is 5.32 Å². The Morgan fingerprint density at radius 3 is 2.57 bits per heavy atom. The van der Waals surface area contributed by atoms with Gasteiger partial charge in [0, 0.05) is 10.9 Å². The quantitative estimate of drug-likeness (QED) is 0.791. The van der Waals surface area contributed by atoms with Crippen LogP contribution in [-0.2, 0) is 0 Å². The molecule has 0 aliphatic carbocycles. The fraction of sp³-hybridized carbons (Fsp3) is 0.118. The van der Waals surface area contributed by atoms with Gasteiger partial charge in [0.25, 0.3) is 0 Å². The first-order valence-electron chi connectivity index (χ1n) is 6.67. The number of aromatic nitrogens is 1. The van der Waals surface area contributed by atoms with Crippen LogP contribution in [0.3, 0.4) is 0 Å². The van der Waals surface area contributed by atoms with Crippen molar-refractivity contribution >= 4 is 10.9 Å². The molecule has 4 heteroatoms. The number of hydrogen-bond donors (Lipinski definition) is 1. The normalized spacial score (nSPS) is 12.5. The second-order valence-corrected chi connectivity index (χ2v) is 4.79. The lowest BCUT2D eigenvalue weighted by Gasteiger charge is -2.17. The van der Waals surface area contributed by atoms with Gasteiger partial charge in [-0.25, -0.2) is 8.78 Å². The summed E-state index contributed by atoms with van der Waals surface area (Å²) in [5, 5.41) is 4.01. The van der Waals surface area contributed by atoms with Crippen LogP contribution in [0.1, 0.15) is 17.3 Å². The third-order valence-electron chi connectivity index (χ3n) is 3.50. The molecule has 0 bridgehead atoms. The molecule has 0 saturated carbocycles. The maximum Gasteiger partial charge on any atom is 0.163 e. The maximum atomic E-state index is 14.0. The number of nitrogens with zero attached hydrogens (tertiary/aromatic N) is 1. The molecule has 0 aliphatic heterocycles. The Morgan fingerprint density at radius 2 is 1.76 bits per heavy atom. The van der Waals surface area contributed by atoms with E-state index in [2.05, 4.69) is 10.3 Å². The van der Waals surface area contributed by atoms with Gasteiger partial charge in [0.15, 0.2) is 11.6 Å². The van der Waals surface area contributed by atoms with E-state index in [0.717, 1.165) is 17.0 Å². The van der Waals surface area contributed by atoms with Crippen LogP contribution in [0.25, 0.3) is 10.9 Å². The predicted molar refractivity (Wildman–Crippen MR) is 79.0 cm³/mol. The zero-order valence-corrected chi connectivity index (χ0v) is 11.5. The van der Waals surface area contributed by atoms with E-state index in [1.54, 1.807) is 13.1 Å². The SMILES string of the molecule is CNC(c1ccc2ccccc2n1)c1cccc(F)c1F. The first-order valence-corrected chi connectivity index (χ1v) is 6.67. The Hall–Kier alpha value is -2.33. The van der Waals surface area contributed by atoms with Crippen molar-refractivity contribution in [3.05, 3.63) is 77.5 Å². The minimum Gasteiger partial charge on any atom is -0.308 e. The van der Waals surface area contributed by atoms with Gasteiger partial charge >= 0.3 is 0 Å². The highest BCUT2D eigenvalue weighted by atomic mass is 19.2. The van der Waals surface area contributed by atoms with Gasteiger partial charge in [0.1, 0.15) is 0 Å². The van der Waals surface area contributed by atoms with Crippen LogP contribution in [-0.4, -0.2) is 12.0 Å². The first kappa shape index (κ1) is 13.6. The van der Waals surface area contributed by atoms with Crippen molar-refractivity contribution in [2.45, 2.75) is 6.04 Å². The van der Waals surface area contributed by atoms with Gasteiger partial charge in [0.05, 0.1) is 17.3 Å². The maximum absolute atomic E-state index is 14.0. The highest BCUT2D eigenvalue weighted by molar-refractivity contribution is 5.78. The van der Waals surface area contributed by atoms with E-state index >= 15 is 0 Å². The average molecular weight is 284 g/mol. The van der Waals surface area contributed by atoms with E-state index in [9.17, 15) is 8.78 Å². The molecule has 106 valence electrons. The number of halogens is 2. The van der Waals surface area contributed by atoms with Crippen LogP contribution < -0.4 is 5.32 Å². The van der Waals surface area contributed by atoms with Crippen LogP contribution in [0, 0.1) is 11.6 Å². The fourth-order valence-corrected chi connectivity index (χ4v) is 2.45. The van der Waals surface area contributed by atoms with Crippen molar-refractivity contribution in [2.75, 3.05) is 7.05 Å². The molecule has 0 amide bonds. The number of benzene rings is 2. The largest absolute Gasteiger partial charge is 0.308 e. The Morgan fingerprint density at radius 1 is 0.952 bits per heavy atom. The summed E-state index contributed by atoms with van der Waals surface area (Å²) >= 11 is 0. The van der Waals surface area contributed by atoms with Crippen molar-refractivity contribution in [1.82, 2.24) is 10.3 Å². The molecule has 1 aromatic heterocycles. The third-order valence-corrected chi connectivity index (χ3v) is 3.50. The van der Waals surface area contributed by atoms with Gasteiger partial charge in [0.2, 0.25) is 0 Å². The molecule has 2 aromatic carbocycles. The Balaban J connectivity index is 2.11. The van der Waals surface area contributed by atoms with Gasteiger partial charge in [-0.05, 0) is 25.2 Å². The summed E-state index contributed by atoms with van der Waals surface area (Å²) in [5.41, 5.74) is 1.73. The molecule has 1 unspecified atom stereocenters. The van der Waals surface area contributed by atoms with Gasteiger partial charge in [-0.15, -0.1) is 0 Å². The van der Waals surface area contributed by atoms with Crippen molar-refractivity contribution in [3.63, 3.8) is 0 Å². The minimum absolute atomic E-state index is 0.250. The molecule has 1 atom stereocenters. The topological polar surface area (TPSA) is 24.9 Å². The van der Waals surface area contributed by atoms with Crippen molar-refractivity contribution in [3.8, 4) is 0 Å². The third kappa shape index (κ3) is 2.50. The van der Waals surface area contributed by atoms with E-state index in [1.165, 1.54) is 6.07 Å². The smallest absolute Gasteiger partial charge is 0.163 e. The number of fused-ring (bicyclic) bond motifs is 1. The lowest BCUT2D eigenvalue weighted by molar-refractivity contribution is 0.486. The number of para-hydroxylation sites is 1. The molecular formula is C17H14F2N2. The van der Waals surface area contributed by atoms with E-state index in [4.69, 9.17) is 0 Å². The van der Waals surface area contributed by atoms with Crippen LogP contribution in [0.4, 0.5) is 8.78 Å². The molecule has 3 aromatic rings. The summed E-state index contributed by atoms with van der Waals surface area (Å²) in [7, 11) is 1.70. The molecule has 2 nitrogen and oxygen atoms in total. The molecule has 0 fully saturated rings. The zero-order valence-electron chi connectivity index (χ0n) is 11.5. The van der Waals surface area contributed by atoms with Crippen LogP contribution >= 0.6 is 0 Å². The summed E-state index contributed by atoms with van der Waals surface area (Å²) in [4.78, 5) is 4.54. The summed E-state index contributed by atoms with van der Waals surface area (Å²) < 4.78 is 27.4. The minimum atomic E-state index is -0.853. The van der Waals surface area contributed by atoms with Crippen molar-refractivity contribution in [2.24, 2.45) is 0 Å². The number of hydrogen-bond acceptors (Lipinski definition) is 2. The monoisotopic (exact) mass is 284 g/mol. The van der Waals surface area contributed by atoms with Crippen LogP contribution in [0.2, 0.25) is 0 Å². The zero-order chi connectivity index (χ0) is 14.8. The molecule has 3 rings (SSSR count). The van der Waals surface area contributed by atoms with Crippen molar-refractivity contribution < 1.29 is 8.78 Å². The van der Waals surface area contributed by atoms with E-state index in [-0.39, 0.29) is 5.56 Å². The molecule has 1 heterocycles. The summed E-state index contributed by atoms with van der Waals surface area (Å²) in [6.07, 6.45) is 0. The van der Waals surface area contributed by atoms with E-state index < -0.39 is 17.7 Å². The van der Waals surface area contributed by atoms with Gasteiger partial charge in [-0.1, -0.05) is 36.4 Å². The number of rotatable bonds is 3. The molecule has 0 aliphatic rings. The molecule has 21 heavy (non-hydrogen) atoms.